The van der Waals surface area contributed by atoms with Crippen molar-refractivity contribution in [1.82, 2.24) is 4.90 Å². The molecule has 126 valence electrons. The number of fused-ring (bicyclic) bond motifs is 1. The van der Waals surface area contributed by atoms with E-state index in [1.165, 1.54) is 4.90 Å². The van der Waals surface area contributed by atoms with E-state index in [9.17, 15) is 9.90 Å². The fraction of sp³-hybridized carbons (Fsp3) is 0.421. The summed E-state index contributed by atoms with van der Waals surface area (Å²) in [4.78, 5) is 16.3. The van der Waals surface area contributed by atoms with Crippen molar-refractivity contribution in [2.75, 3.05) is 12.3 Å². The molecule has 2 aliphatic rings. The second-order valence-electron chi connectivity index (χ2n) is 6.50. The van der Waals surface area contributed by atoms with Gasteiger partial charge in [-0.2, -0.15) is 0 Å². The molecule has 2 aromatic rings. The SMILES string of the molecule is O=C([C@@H]1CSc2ccccc21)N1CCC[C@@H]1C[C@H](O)c1ccco1. The highest BCUT2D eigenvalue weighted by Gasteiger charge is 2.37. The number of furan rings is 1. The summed E-state index contributed by atoms with van der Waals surface area (Å²) >= 11 is 1.76. The number of hydrogen-bond acceptors (Lipinski definition) is 4. The van der Waals surface area contributed by atoms with Crippen LogP contribution >= 0.6 is 11.8 Å². The molecule has 0 radical (unpaired) electrons. The maximum Gasteiger partial charge on any atom is 0.231 e. The van der Waals surface area contributed by atoms with Gasteiger partial charge in [-0.05, 0) is 36.6 Å². The Balaban J connectivity index is 1.48. The predicted molar refractivity (Wildman–Crippen MR) is 92.9 cm³/mol. The Morgan fingerprint density at radius 1 is 1.33 bits per heavy atom. The third-order valence-electron chi connectivity index (χ3n) is 5.03. The fourth-order valence-corrected chi connectivity index (χ4v) is 5.01. The van der Waals surface area contributed by atoms with Crippen molar-refractivity contribution < 1.29 is 14.3 Å². The van der Waals surface area contributed by atoms with E-state index in [2.05, 4.69) is 12.1 Å². The molecule has 2 aliphatic heterocycles. The average molecular weight is 343 g/mol. The number of carbonyl (C=O) groups is 1. The average Bonchev–Trinajstić information content (AvgIpc) is 3.34. The third kappa shape index (κ3) is 2.87. The molecule has 1 aromatic carbocycles. The molecule has 3 heterocycles. The Morgan fingerprint density at radius 2 is 2.21 bits per heavy atom. The number of nitrogens with zero attached hydrogens (tertiary/aromatic N) is 1. The zero-order valence-electron chi connectivity index (χ0n) is 13.4. The summed E-state index contributed by atoms with van der Waals surface area (Å²) in [5, 5.41) is 10.4. The molecular formula is C19H21NO3S. The van der Waals surface area contributed by atoms with Crippen LogP contribution in [0.3, 0.4) is 0 Å². The molecule has 4 rings (SSSR count). The highest BCUT2D eigenvalue weighted by Crippen LogP contribution is 2.41. The van der Waals surface area contributed by atoms with E-state index in [4.69, 9.17) is 4.42 Å². The molecule has 0 bridgehead atoms. The highest BCUT2D eigenvalue weighted by atomic mass is 32.2. The van der Waals surface area contributed by atoms with Gasteiger partial charge in [-0.1, -0.05) is 18.2 Å². The molecule has 5 heteroatoms. The lowest BCUT2D eigenvalue weighted by atomic mass is 9.98. The van der Waals surface area contributed by atoms with Gasteiger partial charge in [-0.15, -0.1) is 11.8 Å². The Morgan fingerprint density at radius 3 is 3.04 bits per heavy atom. The van der Waals surface area contributed by atoms with Crippen LogP contribution in [0.15, 0.2) is 52.0 Å². The molecular weight excluding hydrogens is 322 g/mol. The highest BCUT2D eigenvalue weighted by molar-refractivity contribution is 7.99. The van der Waals surface area contributed by atoms with Crippen LogP contribution in [0.4, 0.5) is 0 Å². The third-order valence-corrected chi connectivity index (χ3v) is 6.21. The van der Waals surface area contributed by atoms with Crippen LogP contribution in [0.5, 0.6) is 0 Å². The normalized spacial score (nSPS) is 24.1. The molecule has 3 atom stereocenters. The van der Waals surface area contributed by atoms with Crippen LogP contribution < -0.4 is 0 Å². The van der Waals surface area contributed by atoms with E-state index in [0.717, 1.165) is 30.7 Å². The maximum atomic E-state index is 13.1. The van der Waals surface area contributed by atoms with Crippen molar-refractivity contribution in [1.29, 1.82) is 0 Å². The van der Waals surface area contributed by atoms with Gasteiger partial charge in [0.15, 0.2) is 0 Å². The van der Waals surface area contributed by atoms with Crippen LogP contribution in [0, 0.1) is 0 Å². The van der Waals surface area contributed by atoms with Gasteiger partial charge in [0.05, 0.1) is 12.2 Å². The number of aliphatic hydroxyl groups is 1. The summed E-state index contributed by atoms with van der Waals surface area (Å²) in [6.07, 6.45) is 3.42. The molecule has 1 fully saturated rings. The zero-order valence-corrected chi connectivity index (χ0v) is 14.2. The van der Waals surface area contributed by atoms with Crippen molar-refractivity contribution in [3.05, 3.63) is 54.0 Å². The minimum absolute atomic E-state index is 0.0486. The molecule has 0 spiro atoms. The second kappa shape index (κ2) is 6.65. The second-order valence-corrected chi connectivity index (χ2v) is 7.56. The molecule has 0 unspecified atom stereocenters. The van der Waals surface area contributed by atoms with Gasteiger partial charge in [0.25, 0.3) is 0 Å². The fourth-order valence-electron chi connectivity index (χ4n) is 3.79. The maximum absolute atomic E-state index is 13.1. The molecule has 1 amide bonds. The largest absolute Gasteiger partial charge is 0.467 e. The topological polar surface area (TPSA) is 53.7 Å². The lowest BCUT2D eigenvalue weighted by molar-refractivity contribution is -0.133. The Labute approximate surface area is 145 Å². The number of likely N-dealkylation sites (tertiary alicyclic amines) is 1. The Hall–Kier alpha value is -1.72. The van der Waals surface area contributed by atoms with Crippen LogP contribution in [-0.2, 0) is 4.79 Å². The van der Waals surface area contributed by atoms with E-state index < -0.39 is 6.10 Å². The van der Waals surface area contributed by atoms with Crippen molar-refractivity contribution in [2.45, 2.75) is 42.2 Å². The van der Waals surface area contributed by atoms with E-state index >= 15 is 0 Å². The molecule has 0 saturated carbocycles. The van der Waals surface area contributed by atoms with Crippen molar-refractivity contribution in [3.8, 4) is 0 Å². The minimum Gasteiger partial charge on any atom is -0.467 e. The predicted octanol–water partition coefficient (Wildman–Crippen LogP) is 3.58. The summed E-state index contributed by atoms with van der Waals surface area (Å²) in [5.74, 6) is 1.56. The van der Waals surface area contributed by atoms with E-state index in [1.54, 1.807) is 30.2 Å². The van der Waals surface area contributed by atoms with Crippen molar-refractivity contribution in [3.63, 3.8) is 0 Å². The van der Waals surface area contributed by atoms with Crippen LogP contribution in [0.1, 0.15) is 42.6 Å². The van der Waals surface area contributed by atoms with E-state index in [1.807, 2.05) is 17.0 Å². The first-order valence-electron chi connectivity index (χ1n) is 8.47. The molecule has 24 heavy (non-hydrogen) atoms. The number of carbonyl (C=O) groups excluding carboxylic acids is 1. The van der Waals surface area contributed by atoms with Gasteiger partial charge >= 0.3 is 0 Å². The van der Waals surface area contributed by atoms with E-state index in [0.29, 0.717) is 12.2 Å². The van der Waals surface area contributed by atoms with Gasteiger partial charge in [0, 0.05) is 29.7 Å². The summed E-state index contributed by atoms with van der Waals surface area (Å²) in [6.45, 7) is 0.789. The summed E-state index contributed by atoms with van der Waals surface area (Å²) in [6, 6.07) is 11.9. The summed E-state index contributed by atoms with van der Waals surface area (Å²) in [7, 11) is 0. The van der Waals surface area contributed by atoms with Gasteiger partial charge in [-0.3, -0.25) is 4.79 Å². The molecule has 1 aromatic heterocycles. The van der Waals surface area contributed by atoms with Gasteiger partial charge in [0.1, 0.15) is 11.9 Å². The van der Waals surface area contributed by atoms with E-state index in [-0.39, 0.29) is 17.9 Å². The lowest BCUT2D eigenvalue weighted by Gasteiger charge is -2.28. The molecule has 1 N–H and O–H groups in total. The number of rotatable bonds is 4. The molecule has 4 nitrogen and oxygen atoms in total. The van der Waals surface area contributed by atoms with Crippen LogP contribution in [0.25, 0.3) is 0 Å². The quantitative estimate of drug-likeness (QED) is 0.922. The smallest absolute Gasteiger partial charge is 0.231 e. The Kier molecular flexibility index (Phi) is 4.37. The zero-order chi connectivity index (χ0) is 16.5. The van der Waals surface area contributed by atoms with Crippen LogP contribution in [0.2, 0.25) is 0 Å². The molecule has 1 saturated heterocycles. The minimum atomic E-state index is -0.649. The van der Waals surface area contributed by atoms with Gasteiger partial charge in [0.2, 0.25) is 5.91 Å². The van der Waals surface area contributed by atoms with Crippen molar-refractivity contribution in [2.24, 2.45) is 0 Å². The standard InChI is InChI=1S/C19H21NO3S/c21-16(17-7-4-10-23-17)11-13-5-3-9-20(13)19(22)15-12-24-18-8-2-1-6-14(15)18/h1-2,4,6-8,10,13,15-16,21H,3,5,9,11-12H2/t13-,15-,16+/m1/s1. The number of benzene rings is 1. The first-order chi connectivity index (χ1) is 11.7. The summed E-state index contributed by atoms with van der Waals surface area (Å²) in [5.41, 5.74) is 1.16. The molecule has 0 aliphatic carbocycles. The van der Waals surface area contributed by atoms with Gasteiger partial charge in [-0.25, -0.2) is 0 Å². The summed E-state index contributed by atoms with van der Waals surface area (Å²) < 4.78 is 5.29. The lowest BCUT2D eigenvalue weighted by Crippen LogP contribution is -2.39. The van der Waals surface area contributed by atoms with Crippen molar-refractivity contribution >= 4 is 17.7 Å². The number of aliphatic hydroxyl groups excluding tert-OH is 1. The monoisotopic (exact) mass is 343 g/mol. The Bertz CT molecular complexity index is 715. The number of hydrogen-bond donors (Lipinski definition) is 1. The first-order valence-corrected chi connectivity index (χ1v) is 9.46. The number of thioether (sulfide) groups is 1. The number of amides is 1. The van der Waals surface area contributed by atoms with Crippen LogP contribution in [-0.4, -0.2) is 34.3 Å². The first kappa shape index (κ1) is 15.8. The van der Waals surface area contributed by atoms with Gasteiger partial charge < -0.3 is 14.4 Å².